The number of likely N-dealkylation sites (tertiary alicyclic amines) is 1. The van der Waals surface area contributed by atoms with E-state index < -0.39 is 11.2 Å². The van der Waals surface area contributed by atoms with Crippen LogP contribution in [0.3, 0.4) is 0 Å². The molecule has 2 aromatic heterocycles. The zero-order valence-electron chi connectivity index (χ0n) is 20.3. The first kappa shape index (κ1) is 24.8. The summed E-state index contributed by atoms with van der Waals surface area (Å²) in [5, 5.41) is 9.24. The quantitative estimate of drug-likeness (QED) is 0.348. The summed E-state index contributed by atoms with van der Waals surface area (Å²) >= 11 is 1.34. The molecule has 1 fully saturated rings. The predicted molar refractivity (Wildman–Crippen MR) is 142 cm³/mol. The number of piperidine rings is 1. The fourth-order valence-electron chi connectivity index (χ4n) is 4.68. The van der Waals surface area contributed by atoms with Crippen LogP contribution in [0.4, 0.5) is 0 Å². The summed E-state index contributed by atoms with van der Waals surface area (Å²) in [6, 6.07) is 21.4. The van der Waals surface area contributed by atoms with Gasteiger partial charge in [0.1, 0.15) is 5.82 Å². The molecule has 1 aliphatic rings. The number of carbonyl (C=O) groups is 1. The molecule has 2 aromatic carbocycles. The second kappa shape index (κ2) is 11.4. The maximum absolute atomic E-state index is 13.0. The first-order valence-corrected chi connectivity index (χ1v) is 13.3. The van der Waals surface area contributed by atoms with Crippen molar-refractivity contribution in [3.63, 3.8) is 0 Å². The van der Waals surface area contributed by atoms with Crippen LogP contribution in [-0.2, 0) is 17.6 Å². The fourth-order valence-corrected chi connectivity index (χ4v) is 5.55. The van der Waals surface area contributed by atoms with E-state index in [0.29, 0.717) is 22.6 Å². The van der Waals surface area contributed by atoms with Crippen molar-refractivity contribution in [2.75, 3.05) is 18.8 Å². The highest BCUT2D eigenvalue weighted by Crippen LogP contribution is 2.25. The highest BCUT2D eigenvalue weighted by atomic mass is 32.2. The Kier molecular flexibility index (Phi) is 7.65. The highest BCUT2D eigenvalue weighted by molar-refractivity contribution is 7.99. The van der Waals surface area contributed by atoms with Crippen molar-refractivity contribution in [1.29, 1.82) is 0 Å². The summed E-state index contributed by atoms with van der Waals surface area (Å²) in [4.78, 5) is 43.2. The molecule has 10 heteroatoms. The molecule has 190 valence electrons. The number of rotatable bonds is 8. The normalized spacial score (nSPS) is 14.1. The van der Waals surface area contributed by atoms with E-state index in [2.05, 4.69) is 44.4 Å². The Morgan fingerprint density at radius 3 is 2.35 bits per heavy atom. The summed E-state index contributed by atoms with van der Waals surface area (Å²) in [6.45, 7) is 1.53. The lowest BCUT2D eigenvalue weighted by molar-refractivity contribution is -0.129. The average molecular weight is 517 g/mol. The predicted octanol–water partition coefficient (Wildman–Crippen LogP) is 2.81. The number of nitrogens with zero attached hydrogens (tertiary/aromatic N) is 4. The van der Waals surface area contributed by atoms with E-state index in [1.807, 2.05) is 45.9 Å². The van der Waals surface area contributed by atoms with E-state index in [0.717, 1.165) is 38.0 Å². The molecule has 5 rings (SSSR count). The van der Waals surface area contributed by atoms with E-state index in [-0.39, 0.29) is 18.1 Å². The Bertz CT molecular complexity index is 1430. The lowest BCUT2D eigenvalue weighted by Gasteiger charge is -2.32. The third-order valence-electron chi connectivity index (χ3n) is 6.54. The molecule has 1 saturated heterocycles. The van der Waals surface area contributed by atoms with Crippen LogP contribution in [0.25, 0.3) is 5.69 Å². The minimum atomic E-state index is -0.569. The number of hydrogen-bond donors (Lipinski definition) is 2. The Labute approximate surface area is 218 Å². The SMILES string of the molecule is O=C(CSc1nnc(Cc2cc(=O)[nH]c(=O)[nH]2)n1-c1ccccc1)N1CCC(Cc2ccccc2)CC1. The summed E-state index contributed by atoms with van der Waals surface area (Å²) in [5.41, 5.74) is 1.58. The second-order valence-electron chi connectivity index (χ2n) is 9.16. The van der Waals surface area contributed by atoms with E-state index >= 15 is 0 Å². The summed E-state index contributed by atoms with van der Waals surface area (Å²) < 4.78 is 1.86. The number of hydrogen-bond acceptors (Lipinski definition) is 6. The van der Waals surface area contributed by atoms with Crippen LogP contribution in [0, 0.1) is 5.92 Å². The van der Waals surface area contributed by atoms with Crippen LogP contribution in [0.5, 0.6) is 0 Å². The van der Waals surface area contributed by atoms with Crippen LogP contribution in [0.1, 0.15) is 29.9 Å². The first-order chi connectivity index (χ1) is 18.0. The molecular weight excluding hydrogens is 488 g/mol. The number of aromatic nitrogens is 5. The smallest absolute Gasteiger partial charge is 0.325 e. The third-order valence-corrected chi connectivity index (χ3v) is 7.45. The van der Waals surface area contributed by atoms with Gasteiger partial charge >= 0.3 is 5.69 Å². The van der Waals surface area contributed by atoms with Crippen LogP contribution >= 0.6 is 11.8 Å². The summed E-state index contributed by atoms with van der Waals surface area (Å²) in [5.74, 6) is 1.51. The summed E-state index contributed by atoms with van der Waals surface area (Å²) in [7, 11) is 0. The van der Waals surface area contributed by atoms with E-state index in [9.17, 15) is 14.4 Å². The number of benzene rings is 2. The lowest BCUT2D eigenvalue weighted by Crippen LogP contribution is -2.39. The minimum Gasteiger partial charge on any atom is -0.342 e. The van der Waals surface area contributed by atoms with Gasteiger partial charge in [0.15, 0.2) is 5.16 Å². The van der Waals surface area contributed by atoms with E-state index in [4.69, 9.17) is 0 Å². The molecule has 1 aliphatic heterocycles. The standard InChI is InChI=1S/C27H28N6O3S/c34-24-17-21(28-26(36)29-24)16-23-30-31-27(33(23)22-9-5-2-6-10-22)37-18-25(35)32-13-11-20(12-14-32)15-19-7-3-1-4-8-19/h1-10,17,20H,11-16,18H2,(H2,28,29,34,36). The maximum Gasteiger partial charge on any atom is 0.325 e. The maximum atomic E-state index is 13.0. The molecule has 0 bridgehead atoms. The van der Waals surface area contributed by atoms with Gasteiger partial charge in [-0.05, 0) is 42.9 Å². The molecule has 0 saturated carbocycles. The van der Waals surface area contributed by atoms with Gasteiger partial charge in [0.05, 0.1) is 5.75 Å². The zero-order valence-corrected chi connectivity index (χ0v) is 21.1. The number of H-pyrrole nitrogens is 2. The van der Waals surface area contributed by atoms with Crippen molar-refractivity contribution in [2.45, 2.75) is 30.8 Å². The number of para-hydroxylation sites is 1. The number of carbonyl (C=O) groups excluding carboxylic acids is 1. The van der Waals surface area contributed by atoms with Crippen molar-refractivity contribution in [3.05, 3.63) is 105 Å². The zero-order chi connectivity index (χ0) is 25.6. The molecule has 0 radical (unpaired) electrons. The fraction of sp³-hybridized carbons (Fsp3) is 0.296. The highest BCUT2D eigenvalue weighted by Gasteiger charge is 2.24. The molecule has 2 N–H and O–H groups in total. The van der Waals surface area contributed by atoms with Gasteiger partial charge in [-0.1, -0.05) is 60.3 Å². The molecule has 3 heterocycles. The minimum absolute atomic E-state index is 0.0891. The van der Waals surface area contributed by atoms with Crippen molar-refractivity contribution in [2.24, 2.45) is 5.92 Å². The van der Waals surface area contributed by atoms with Crippen molar-refractivity contribution in [1.82, 2.24) is 29.6 Å². The van der Waals surface area contributed by atoms with Gasteiger partial charge in [-0.2, -0.15) is 0 Å². The Hall–Kier alpha value is -3.92. The topological polar surface area (TPSA) is 117 Å². The molecule has 37 heavy (non-hydrogen) atoms. The number of amides is 1. The van der Waals surface area contributed by atoms with Crippen molar-refractivity contribution >= 4 is 17.7 Å². The number of aromatic amines is 2. The third kappa shape index (κ3) is 6.26. The van der Waals surface area contributed by atoms with E-state index in [1.165, 1.54) is 23.4 Å². The first-order valence-electron chi connectivity index (χ1n) is 12.3. The van der Waals surface area contributed by atoms with Gasteiger partial charge < -0.3 is 9.88 Å². The molecular formula is C27H28N6O3S. The average Bonchev–Trinajstić information content (AvgIpc) is 3.30. The lowest BCUT2D eigenvalue weighted by atomic mass is 9.90. The van der Waals surface area contributed by atoms with E-state index in [1.54, 1.807) is 0 Å². The van der Waals surface area contributed by atoms with Gasteiger partial charge in [0.2, 0.25) is 5.91 Å². The second-order valence-corrected chi connectivity index (χ2v) is 10.1. The number of thioether (sulfide) groups is 1. The molecule has 0 spiro atoms. The molecule has 0 aliphatic carbocycles. The largest absolute Gasteiger partial charge is 0.342 e. The molecule has 9 nitrogen and oxygen atoms in total. The molecule has 0 unspecified atom stereocenters. The Balaban J connectivity index is 1.25. The van der Waals surface area contributed by atoms with Gasteiger partial charge in [0.25, 0.3) is 5.56 Å². The molecule has 0 atom stereocenters. The van der Waals surface area contributed by atoms with Crippen LogP contribution in [0.2, 0.25) is 0 Å². The van der Waals surface area contributed by atoms with Gasteiger partial charge in [-0.25, -0.2) is 4.79 Å². The Morgan fingerprint density at radius 1 is 0.946 bits per heavy atom. The summed E-state index contributed by atoms with van der Waals surface area (Å²) in [6.07, 6.45) is 3.28. The van der Waals surface area contributed by atoms with Crippen molar-refractivity contribution < 1.29 is 4.79 Å². The van der Waals surface area contributed by atoms with Crippen LogP contribution in [0.15, 0.2) is 81.5 Å². The monoisotopic (exact) mass is 516 g/mol. The Morgan fingerprint density at radius 2 is 1.65 bits per heavy atom. The van der Waals surface area contributed by atoms with Gasteiger partial charge in [-0.15, -0.1) is 10.2 Å². The van der Waals surface area contributed by atoms with Gasteiger partial charge in [-0.3, -0.25) is 19.1 Å². The number of nitrogens with one attached hydrogen (secondary N) is 2. The van der Waals surface area contributed by atoms with Crippen LogP contribution in [-0.4, -0.2) is 54.4 Å². The van der Waals surface area contributed by atoms with Crippen molar-refractivity contribution in [3.8, 4) is 5.69 Å². The van der Waals surface area contributed by atoms with Crippen LogP contribution < -0.4 is 11.2 Å². The molecule has 4 aromatic rings. The molecule has 1 amide bonds. The van der Waals surface area contributed by atoms with Gasteiger partial charge in [0, 0.05) is 37.0 Å².